The number of halogens is 3. The molecule has 0 aliphatic rings. The van der Waals surface area contributed by atoms with Crippen molar-refractivity contribution in [2.45, 2.75) is 20.0 Å². The second kappa shape index (κ2) is 4.94. The highest BCUT2D eigenvalue weighted by Crippen LogP contribution is 2.12. The lowest BCUT2D eigenvalue weighted by Gasteiger charge is -2.11. The Kier molecular flexibility index (Phi) is 4.82. The summed E-state index contributed by atoms with van der Waals surface area (Å²) in [5.41, 5.74) is 0. The minimum atomic E-state index is -4.54. The number of rotatable bonds is 5. The van der Waals surface area contributed by atoms with Gasteiger partial charge in [0.1, 0.15) is 6.54 Å². The van der Waals surface area contributed by atoms with E-state index in [0.29, 0.717) is 0 Å². The predicted molar refractivity (Wildman–Crippen MR) is 45.8 cm³/mol. The van der Waals surface area contributed by atoms with Crippen LogP contribution in [0.2, 0.25) is 0 Å². The van der Waals surface area contributed by atoms with Crippen molar-refractivity contribution in [3.8, 4) is 0 Å². The Balaban J connectivity index is 3.97. The van der Waals surface area contributed by atoms with Crippen LogP contribution in [0.4, 0.5) is 13.2 Å². The zero-order valence-electron chi connectivity index (χ0n) is 7.85. The molecular formula is C6H13F3N2O2S. The third kappa shape index (κ3) is 8.27. The fourth-order valence-electron chi connectivity index (χ4n) is 0.504. The Bertz CT molecular complexity index is 261. The van der Waals surface area contributed by atoms with E-state index in [4.69, 9.17) is 0 Å². The van der Waals surface area contributed by atoms with Crippen LogP contribution in [0.25, 0.3) is 0 Å². The maximum absolute atomic E-state index is 11.6. The molecule has 0 aromatic heterocycles. The first-order valence-electron chi connectivity index (χ1n) is 3.93. The van der Waals surface area contributed by atoms with Crippen LogP contribution < -0.4 is 9.44 Å². The van der Waals surface area contributed by atoms with Gasteiger partial charge in [-0.2, -0.15) is 26.3 Å². The van der Waals surface area contributed by atoms with E-state index < -0.39 is 22.9 Å². The number of hydrogen-bond donors (Lipinski definition) is 2. The molecule has 0 amide bonds. The summed E-state index contributed by atoms with van der Waals surface area (Å²) in [7, 11) is -4.03. The van der Waals surface area contributed by atoms with Gasteiger partial charge in [-0.1, -0.05) is 13.8 Å². The summed E-state index contributed by atoms with van der Waals surface area (Å²) in [6.45, 7) is 2.03. The Labute approximate surface area is 81.1 Å². The molecule has 0 aliphatic heterocycles. The fourth-order valence-corrected chi connectivity index (χ4v) is 1.51. The van der Waals surface area contributed by atoms with E-state index in [1.165, 1.54) is 4.72 Å². The first-order chi connectivity index (χ1) is 6.12. The second-order valence-corrected chi connectivity index (χ2v) is 4.77. The van der Waals surface area contributed by atoms with E-state index in [1.807, 2.05) is 4.72 Å². The molecule has 0 aliphatic carbocycles. The molecule has 86 valence electrons. The molecule has 0 unspecified atom stereocenters. The van der Waals surface area contributed by atoms with E-state index in [0.717, 1.165) is 0 Å². The molecule has 0 spiro atoms. The van der Waals surface area contributed by atoms with Crippen LogP contribution in [0.1, 0.15) is 13.8 Å². The summed E-state index contributed by atoms with van der Waals surface area (Å²) < 4.78 is 60.0. The van der Waals surface area contributed by atoms with Crippen molar-refractivity contribution < 1.29 is 21.6 Å². The first-order valence-corrected chi connectivity index (χ1v) is 5.42. The summed E-state index contributed by atoms with van der Waals surface area (Å²) in [5.74, 6) is 0.0393. The molecule has 0 bridgehead atoms. The molecule has 2 N–H and O–H groups in total. The van der Waals surface area contributed by atoms with Gasteiger partial charge in [-0.15, -0.1) is 0 Å². The van der Waals surface area contributed by atoms with Crippen LogP contribution in [-0.4, -0.2) is 27.7 Å². The predicted octanol–water partition coefficient (Wildman–Crippen LogP) is 0.629. The first kappa shape index (κ1) is 13.7. The highest BCUT2D eigenvalue weighted by Gasteiger charge is 2.29. The average molecular weight is 234 g/mol. The van der Waals surface area contributed by atoms with E-state index >= 15 is 0 Å². The molecule has 0 saturated carbocycles. The van der Waals surface area contributed by atoms with Gasteiger partial charge in [0.25, 0.3) is 10.2 Å². The summed E-state index contributed by atoms with van der Waals surface area (Å²) in [4.78, 5) is 0. The Hall–Kier alpha value is -0.340. The lowest BCUT2D eigenvalue weighted by Crippen LogP contribution is -2.42. The van der Waals surface area contributed by atoms with Gasteiger partial charge >= 0.3 is 6.18 Å². The molecule has 8 heteroatoms. The zero-order valence-corrected chi connectivity index (χ0v) is 8.67. The van der Waals surface area contributed by atoms with Crippen LogP contribution in [0.5, 0.6) is 0 Å². The maximum Gasteiger partial charge on any atom is 0.402 e. The van der Waals surface area contributed by atoms with E-state index in [1.54, 1.807) is 13.8 Å². The van der Waals surface area contributed by atoms with E-state index in [-0.39, 0.29) is 12.5 Å². The summed E-state index contributed by atoms with van der Waals surface area (Å²) >= 11 is 0. The van der Waals surface area contributed by atoms with Crippen molar-refractivity contribution >= 4 is 10.2 Å². The van der Waals surface area contributed by atoms with Gasteiger partial charge in [-0.3, -0.25) is 0 Å². The molecule has 14 heavy (non-hydrogen) atoms. The molecule has 0 fully saturated rings. The van der Waals surface area contributed by atoms with Gasteiger partial charge in [-0.25, -0.2) is 4.72 Å². The van der Waals surface area contributed by atoms with Gasteiger partial charge in [0, 0.05) is 6.54 Å². The van der Waals surface area contributed by atoms with Crippen molar-refractivity contribution in [2.75, 3.05) is 13.1 Å². The van der Waals surface area contributed by atoms with Crippen LogP contribution in [-0.2, 0) is 10.2 Å². The van der Waals surface area contributed by atoms with Crippen LogP contribution in [0, 0.1) is 5.92 Å². The summed E-state index contributed by atoms with van der Waals surface area (Å²) in [6, 6.07) is 0. The molecule has 4 nitrogen and oxygen atoms in total. The third-order valence-electron chi connectivity index (χ3n) is 1.14. The normalized spacial score (nSPS) is 13.6. The minimum absolute atomic E-state index is 0.0393. The minimum Gasteiger partial charge on any atom is -0.202 e. The lowest BCUT2D eigenvalue weighted by molar-refractivity contribution is -0.121. The SMILES string of the molecule is CC(C)CNS(=O)(=O)NCC(F)(F)F. The largest absolute Gasteiger partial charge is 0.402 e. The summed E-state index contributed by atoms with van der Waals surface area (Å²) in [5, 5.41) is 0. The average Bonchev–Trinajstić information content (AvgIpc) is 1.97. The smallest absolute Gasteiger partial charge is 0.202 e. The molecule has 0 rings (SSSR count). The maximum atomic E-state index is 11.6. The Morgan fingerprint density at radius 1 is 1.21 bits per heavy atom. The van der Waals surface area contributed by atoms with Gasteiger partial charge in [0.05, 0.1) is 0 Å². The van der Waals surface area contributed by atoms with Crippen LogP contribution in [0.3, 0.4) is 0 Å². The number of hydrogen-bond acceptors (Lipinski definition) is 2. The van der Waals surface area contributed by atoms with Crippen LogP contribution >= 0.6 is 0 Å². The highest BCUT2D eigenvalue weighted by molar-refractivity contribution is 7.87. The standard InChI is InChI=1S/C6H13F3N2O2S/c1-5(2)3-10-14(12,13)11-4-6(7,8)9/h5,10-11H,3-4H2,1-2H3. The van der Waals surface area contributed by atoms with E-state index in [9.17, 15) is 21.6 Å². The van der Waals surface area contributed by atoms with Crippen molar-refractivity contribution in [1.29, 1.82) is 0 Å². The van der Waals surface area contributed by atoms with Crippen molar-refractivity contribution in [3.05, 3.63) is 0 Å². The van der Waals surface area contributed by atoms with Gasteiger partial charge in [-0.05, 0) is 5.92 Å². The number of nitrogens with one attached hydrogen (secondary N) is 2. The zero-order chi connectivity index (χ0) is 11.4. The second-order valence-electron chi connectivity index (χ2n) is 3.18. The lowest BCUT2D eigenvalue weighted by atomic mass is 10.2. The Morgan fingerprint density at radius 2 is 1.71 bits per heavy atom. The Morgan fingerprint density at radius 3 is 2.07 bits per heavy atom. The fraction of sp³-hybridized carbons (Fsp3) is 1.00. The molecule has 0 aromatic carbocycles. The van der Waals surface area contributed by atoms with Crippen molar-refractivity contribution in [3.63, 3.8) is 0 Å². The van der Waals surface area contributed by atoms with E-state index in [2.05, 4.69) is 0 Å². The van der Waals surface area contributed by atoms with Crippen LogP contribution in [0.15, 0.2) is 0 Å². The quantitative estimate of drug-likeness (QED) is 0.733. The molecule has 0 aromatic rings. The van der Waals surface area contributed by atoms with Gasteiger partial charge in [0.2, 0.25) is 0 Å². The molecular weight excluding hydrogens is 221 g/mol. The third-order valence-corrected chi connectivity index (χ3v) is 2.22. The molecule has 0 heterocycles. The molecule has 0 saturated heterocycles. The molecule has 0 atom stereocenters. The monoisotopic (exact) mass is 234 g/mol. The number of alkyl halides is 3. The van der Waals surface area contributed by atoms with Gasteiger partial charge in [0.15, 0.2) is 0 Å². The highest BCUT2D eigenvalue weighted by atomic mass is 32.2. The topological polar surface area (TPSA) is 58.2 Å². The molecule has 0 radical (unpaired) electrons. The van der Waals surface area contributed by atoms with Gasteiger partial charge < -0.3 is 0 Å². The van der Waals surface area contributed by atoms with Crippen molar-refractivity contribution in [2.24, 2.45) is 5.92 Å². The van der Waals surface area contributed by atoms with Crippen molar-refractivity contribution in [1.82, 2.24) is 9.44 Å². The summed E-state index contributed by atoms with van der Waals surface area (Å²) in [6.07, 6.45) is -4.54.